The fourth-order valence-corrected chi connectivity index (χ4v) is 4.91. The summed E-state index contributed by atoms with van der Waals surface area (Å²) in [4.78, 5) is 13.8. The highest BCUT2D eigenvalue weighted by Gasteiger charge is 2.29. The van der Waals surface area contributed by atoms with Crippen molar-refractivity contribution in [2.75, 3.05) is 19.8 Å². The van der Waals surface area contributed by atoms with Gasteiger partial charge in [0.15, 0.2) is 0 Å². The summed E-state index contributed by atoms with van der Waals surface area (Å²) in [5.74, 6) is -0.160. The molecule has 1 atom stereocenters. The summed E-state index contributed by atoms with van der Waals surface area (Å²) in [6, 6.07) is 21.5. The molecule has 1 aliphatic rings. The van der Waals surface area contributed by atoms with E-state index >= 15 is 0 Å². The molecule has 1 saturated heterocycles. The molecule has 0 spiro atoms. The lowest BCUT2D eigenvalue weighted by Crippen LogP contribution is -2.44. The second-order valence-corrected chi connectivity index (χ2v) is 9.29. The lowest BCUT2D eigenvalue weighted by atomic mass is 9.95. The first-order valence-corrected chi connectivity index (χ1v) is 12.6. The van der Waals surface area contributed by atoms with Crippen molar-refractivity contribution in [3.05, 3.63) is 88.5 Å². The number of aryl methyl sites for hydroxylation is 1. The first-order chi connectivity index (χ1) is 18.0. The molecule has 0 aliphatic carbocycles. The third kappa shape index (κ3) is 6.26. The third-order valence-electron chi connectivity index (χ3n) is 6.81. The summed E-state index contributed by atoms with van der Waals surface area (Å²) in [6.45, 7) is 3.25. The smallest absolute Gasteiger partial charge is 0.320 e. The van der Waals surface area contributed by atoms with Crippen LogP contribution >= 0.6 is 0 Å². The second kappa shape index (κ2) is 12.4. The van der Waals surface area contributed by atoms with Crippen molar-refractivity contribution in [1.82, 2.24) is 4.90 Å². The number of benzene rings is 3. The Balaban J connectivity index is 1.66. The van der Waals surface area contributed by atoms with E-state index in [1.165, 1.54) is 0 Å². The van der Waals surface area contributed by atoms with Gasteiger partial charge in [-0.15, -0.1) is 0 Å². The molecule has 1 heterocycles. The molecule has 0 saturated carbocycles. The number of aliphatic hydroxyl groups excluding tert-OH is 1. The second-order valence-electron chi connectivity index (χ2n) is 9.29. The Labute approximate surface area is 218 Å². The Kier molecular flexibility index (Phi) is 8.73. The lowest BCUT2D eigenvalue weighted by Gasteiger charge is -2.33. The molecule has 4 rings (SSSR count). The van der Waals surface area contributed by atoms with Crippen molar-refractivity contribution in [1.29, 1.82) is 5.26 Å². The van der Waals surface area contributed by atoms with E-state index in [2.05, 4.69) is 6.07 Å². The maximum atomic E-state index is 11.8. The summed E-state index contributed by atoms with van der Waals surface area (Å²) in [5, 5.41) is 29.0. The van der Waals surface area contributed by atoms with Crippen molar-refractivity contribution in [3.63, 3.8) is 0 Å². The first kappa shape index (κ1) is 26.2. The van der Waals surface area contributed by atoms with Crippen molar-refractivity contribution in [2.24, 2.45) is 0 Å². The van der Waals surface area contributed by atoms with Crippen LogP contribution in [-0.2, 0) is 11.3 Å². The first-order valence-electron chi connectivity index (χ1n) is 12.6. The highest BCUT2D eigenvalue weighted by atomic mass is 16.5. The maximum absolute atomic E-state index is 11.8. The van der Waals surface area contributed by atoms with Gasteiger partial charge in [-0.2, -0.15) is 5.26 Å². The van der Waals surface area contributed by atoms with Crippen molar-refractivity contribution in [3.8, 4) is 22.9 Å². The summed E-state index contributed by atoms with van der Waals surface area (Å²) in [6.07, 6.45) is 6.44. The molecule has 1 fully saturated rings. The van der Waals surface area contributed by atoms with Crippen LogP contribution in [0.25, 0.3) is 23.3 Å². The fraction of sp³-hybridized carbons (Fsp3) is 0.290. The van der Waals surface area contributed by atoms with E-state index in [0.29, 0.717) is 24.3 Å². The molecule has 6 heteroatoms. The van der Waals surface area contributed by atoms with Gasteiger partial charge < -0.3 is 14.9 Å². The molecule has 1 unspecified atom stereocenters. The Morgan fingerprint density at radius 3 is 2.62 bits per heavy atom. The average molecular weight is 497 g/mol. The fourth-order valence-electron chi connectivity index (χ4n) is 4.91. The van der Waals surface area contributed by atoms with Gasteiger partial charge in [0.05, 0.1) is 12.2 Å². The summed E-state index contributed by atoms with van der Waals surface area (Å²) < 4.78 is 5.88. The molecule has 190 valence electrons. The SMILES string of the molecule is Cc1cc(CN2CCCCC2C(=O)O)c(OCCO)cc1/C=C/c1cccc(-c2ccccc2)c1C#N. The number of nitrogens with zero attached hydrogens (tertiary/aromatic N) is 2. The Morgan fingerprint density at radius 2 is 1.89 bits per heavy atom. The summed E-state index contributed by atoms with van der Waals surface area (Å²) in [7, 11) is 0. The van der Waals surface area contributed by atoms with Crippen LogP contribution in [0.2, 0.25) is 0 Å². The van der Waals surface area contributed by atoms with E-state index in [4.69, 9.17) is 4.74 Å². The molecule has 2 N–H and O–H groups in total. The molecule has 0 amide bonds. The number of carboxylic acids is 1. The van der Waals surface area contributed by atoms with Gasteiger partial charge in [0.2, 0.25) is 0 Å². The van der Waals surface area contributed by atoms with Crippen LogP contribution in [0.5, 0.6) is 5.75 Å². The van der Waals surface area contributed by atoms with Gasteiger partial charge in [-0.25, -0.2) is 0 Å². The number of carboxylic acid groups (broad SMARTS) is 1. The molecular formula is C31H32N2O4. The molecule has 0 bridgehead atoms. The van der Waals surface area contributed by atoms with Crippen LogP contribution in [-0.4, -0.2) is 46.9 Å². The number of aliphatic hydroxyl groups is 1. The molecule has 3 aromatic rings. The van der Waals surface area contributed by atoms with Crippen LogP contribution in [0, 0.1) is 18.3 Å². The molecule has 0 radical (unpaired) electrons. The predicted molar refractivity (Wildman–Crippen MR) is 145 cm³/mol. The number of hydrogen-bond acceptors (Lipinski definition) is 5. The minimum Gasteiger partial charge on any atom is -0.491 e. The normalized spacial score (nSPS) is 16.0. The highest BCUT2D eigenvalue weighted by Crippen LogP contribution is 2.31. The summed E-state index contributed by atoms with van der Waals surface area (Å²) in [5.41, 5.74) is 6.16. The van der Waals surface area contributed by atoms with Crippen LogP contribution < -0.4 is 4.74 Å². The zero-order chi connectivity index (χ0) is 26.2. The third-order valence-corrected chi connectivity index (χ3v) is 6.81. The number of rotatable bonds is 9. The van der Waals surface area contributed by atoms with Gasteiger partial charge in [-0.3, -0.25) is 9.69 Å². The number of piperidine rings is 1. The monoisotopic (exact) mass is 496 g/mol. The minimum atomic E-state index is -0.792. The van der Waals surface area contributed by atoms with Gasteiger partial charge in [0.25, 0.3) is 0 Å². The van der Waals surface area contributed by atoms with Crippen LogP contribution in [0.4, 0.5) is 0 Å². The van der Waals surface area contributed by atoms with Crippen molar-refractivity contribution < 1.29 is 19.7 Å². The van der Waals surface area contributed by atoms with E-state index in [1.807, 2.05) is 84.6 Å². The molecule has 3 aromatic carbocycles. The summed E-state index contributed by atoms with van der Waals surface area (Å²) >= 11 is 0. The predicted octanol–water partition coefficient (Wildman–Crippen LogP) is 5.51. The Hall–Kier alpha value is -3.92. The minimum absolute atomic E-state index is 0.113. The Bertz CT molecular complexity index is 1310. The number of hydrogen-bond donors (Lipinski definition) is 2. The molecule has 6 nitrogen and oxygen atoms in total. The van der Waals surface area contributed by atoms with E-state index in [0.717, 1.165) is 52.8 Å². The van der Waals surface area contributed by atoms with Gasteiger partial charge in [0.1, 0.15) is 24.5 Å². The van der Waals surface area contributed by atoms with E-state index in [1.54, 1.807) is 0 Å². The standard InChI is InChI=1S/C31H32N2O4/c1-22-18-26(21-33-15-6-5-12-29(33)31(35)36)30(37-17-16-34)19-25(22)14-13-24-10-7-11-27(28(24)20-32)23-8-3-2-4-9-23/h2-4,7-11,13-14,18-19,29,34H,5-6,12,15-17,21H2,1H3,(H,35,36)/b14-13+. The van der Waals surface area contributed by atoms with Crippen LogP contribution in [0.1, 0.15) is 47.1 Å². The molecule has 1 aliphatic heterocycles. The van der Waals surface area contributed by atoms with Crippen LogP contribution in [0.3, 0.4) is 0 Å². The van der Waals surface area contributed by atoms with Crippen molar-refractivity contribution in [2.45, 2.75) is 38.8 Å². The molecule has 0 aromatic heterocycles. The molecule has 37 heavy (non-hydrogen) atoms. The lowest BCUT2D eigenvalue weighted by molar-refractivity contribution is -0.144. The van der Waals surface area contributed by atoms with E-state index in [-0.39, 0.29) is 13.2 Å². The largest absolute Gasteiger partial charge is 0.491 e. The van der Waals surface area contributed by atoms with Gasteiger partial charge in [0, 0.05) is 17.7 Å². The van der Waals surface area contributed by atoms with E-state index < -0.39 is 12.0 Å². The Morgan fingerprint density at radius 1 is 1.11 bits per heavy atom. The quantitative estimate of drug-likeness (QED) is 0.379. The average Bonchev–Trinajstić information content (AvgIpc) is 2.92. The molecular weight excluding hydrogens is 464 g/mol. The maximum Gasteiger partial charge on any atom is 0.320 e. The number of nitriles is 1. The van der Waals surface area contributed by atoms with Gasteiger partial charge in [-0.05, 0) is 54.6 Å². The van der Waals surface area contributed by atoms with Crippen molar-refractivity contribution >= 4 is 18.1 Å². The number of aliphatic carboxylic acids is 1. The topological polar surface area (TPSA) is 93.8 Å². The van der Waals surface area contributed by atoms with Gasteiger partial charge in [-0.1, -0.05) is 73.2 Å². The number of likely N-dealkylation sites (tertiary alicyclic amines) is 1. The van der Waals surface area contributed by atoms with Crippen LogP contribution in [0.15, 0.2) is 60.7 Å². The van der Waals surface area contributed by atoms with E-state index in [9.17, 15) is 20.3 Å². The zero-order valence-electron chi connectivity index (χ0n) is 21.1. The zero-order valence-corrected chi connectivity index (χ0v) is 21.1. The highest BCUT2D eigenvalue weighted by molar-refractivity contribution is 5.81. The number of ether oxygens (including phenoxy) is 1. The van der Waals surface area contributed by atoms with Gasteiger partial charge >= 0.3 is 5.97 Å². The number of carbonyl (C=O) groups is 1.